The first-order valence-electron chi connectivity index (χ1n) is 10.3. The zero-order valence-electron chi connectivity index (χ0n) is 17.6. The SMILES string of the molecule is O=C(CSc1cn(CCNC(=O)c2ccc(F)cc2)c2ccccc12)Nc1ccc(F)cc1. The quantitative estimate of drug-likeness (QED) is 0.357. The second-order valence-corrected chi connectivity index (χ2v) is 8.33. The van der Waals surface area contributed by atoms with Gasteiger partial charge in [0, 0.05) is 46.3 Å². The van der Waals surface area contributed by atoms with Crippen molar-refractivity contribution in [3.63, 3.8) is 0 Å². The van der Waals surface area contributed by atoms with E-state index < -0.39 is 0 Å². The molecule has 3 aromatic carbocycles. The molecule has 0 spiro atoms. The maximum absolute atomic E-state index is 13.0. The average molecular weight is 466 g/mol. The molecule has 1 heterocycles. The lowest BCUT2D eigenvalue weighted by Gasteiger charge is -2.07. The van der Waals surface area contributed by atoms with Crippen molar-refractivity contribution in [3.05, 3.63) is 96.2 Å². The molecule has 0 aliphatic heterocycles. The smallest absolute Gasteiger partial charge is 0.251 e. The molecule has 1 aromatic heterocycles. The summed E-state index contributed by atoms with van der Waals surface area (Å²) in [5.74, 6) is -0.994. The van der Waals surface area contributed by atoms with Gasteiger partial charge in [0.05, 0.1) is 5.75 Å². The van der Waals surface area contributed by atoms with Crippen LogP contribution in [0.15, 0.2) is 83.9 Å². The van der Waals surface area contributed by atoms with Crippen molar-refractivity contribution < 1.29 is 18.4 Å². The van der Waals surface area contributed by atoms with Gasteiger partial charge in [-0.1, -0.05) is 18.2 Å². The van der Waals surface area contributed by atoms with Crippen LogP contribution in [0.25, 0.3) is 10.9 Å². The van der Waals surface area contributed by atoms with E-state index in [0.29, 0.717) is 24.3 Å². The molecule has 0 fully saturated rings. The highest BCUT2D eigenvalue weighted by Gasteiger charge is 2.12. The number of carbonyl (C=O) groups excluding carboxylic acids is 2. The zero-order valence-corrected chi connectivity index (χ0v) is 18.4. The Balaban J connectivity index is 1.37. The summed E-state index contributed by atoms with van der Waals surface area (Å²) in [6.07, 6.45) is 1.96. The van der Waals surface area contributed by atoms with Gasteiger partial charge in [-0.05, 0) is 54.6 Å². The van der Waals surface area contributed by atoms with E-state index in [1.54, 1.807) is 0 Å². The zero-order chi connectivity index (χ0) is 23.2. The van der Waals surface area contributed by atoms with E-state index in [1.165, 1.54) is 60.3 Å². The van der Waals surface area contributed by atoms with Crippen LogP contribution in [0.2, 0.25) is 0 Å². The minimum atomic E-state index is -0.387. The van der Waals surface area contributed by atoms with Crippen molar-refractivity contribution in [2.45, 2.75) is 11.4 Å². The van der Waals surface area contributed by atoms with Gasteiger partial charge in [-0.3, -0.25) is 9.59 Å². The fourth-order valence-electron chi connectivity index (χ4n) is 3.38. The fraction of sp³-hybridized carbons (Fsp3) is 0.120. The number of thioether (sulfide) groups is 1. The van der Waals surface area contributed by atoms with Gasteiger partial charge >= 0.3 is 0 Å². The monoisotopic (exact) mass is 465 g/mol. The standard InChI is InChI=1S/C25H21F2N3O2S/c26-18-7-5-17(6-8-18)25(32)28-13-14-30-15-23(21-3-1-2-4-22(21)30)33-16-24(31)29-20-11-9-19(27)10-12-20/h1-12,15H,13-14,16H2,(H,28,32)(H,29,31). The summed E-state index contributed by atoms with van der Waals surface area (Å²) in [6, 6.07) is 18.9. The molecule has 4 rings (SSSR count). The molecule has 0 radical (unpaired) electrons. The Hall–Kier alpha value is -3.65. The summed E-state index contributed by atoms with van der Waals surface area (Å²) in [7, 11) is 0. The van der Waals surface area contributed by atoms with E-state index in [1.807, 2.05) is 35.0 Å². The van der Waals surface area contributed by atoms with Crippen molar-refractivity contribution in [2.75, 3.05) is 17.6 Å². The number of hydrogen-bond donors (Lipinski definition) is 2. The molecule has 0 saturated carbocycles. The maximum Gasteiger partial charge on any atom is 0.251 e. The molecule has 2 N–H and O–H groups in total. The number of anilines is 1. The summed E-state index contributed by atoms with van der Waals surface area (Å²) in [5, 5.41) is 6.61. The van der Waals surface area contributed by atoms with Gasteiger partial charge in [0.2, 0.25) is 5.91 Å². The van der Waals surface area contributed by atoms with Crippen molar-refractivity contribution in [3.8, 4) is 0 Å². The predicted molar refractivity (Wildman–Crippen MR) is 126 cm³/mol. The van der Waals surface area contributed by atoms with Gasteiger partial charge in [-0.2, -0.15) is 0 Å². The second-order valence-electron chi connectivity index (χ2n) is 7.31. The Morgan fingerprint density at radius 2 is 1.55 bits per heavy atom. The number of halogens is 2. The summed E-state index contributed by atoms with van der Waals surface area (Å²) in [4.78, 5) is 25.5. The molecule has 0 aliphatic carbocycles. The summed E-state index contributed by atoms with van der Waals surface area (Å²) >= 11 is 1.41. The lowest BCUT2D eigenvalue weighted by molar-refractivity contribution is -0.113. The summed E-state index contributed by atoms with van der Waals surface area (Å²) in [6.45, 7) is 0.930. The van der Waals surface area contributed by atoms with Crippen LogP contribution in [0, 0.1) is 11.6 Å². The predicted octanol–water partition coefficient (Wildman–Crippen LogP) is 5.08. The van der Waals surface area contributed by atoms with Crippen molar-refractivity contribution in [2.24, 2.45) is 0 Å². The Kier molecular flexibility index (Phi) is 7.04. The van der Waals surface area contributed by atoms with Crippen LogP contribution in [0.5, 0.6) is 0 Å². The normalized spacial score (nSPS) is 10.8. The molecule has 168 valence electrons. The van der Waals surface area contributed by atoms with E-state index in [2.05, 4.69) is 10.6 Å². The molecule has 0 bridgehead atoms. The molecule has 0 saturated heterocycles. The lowest BCUT2D eigenvalue weighted by atomic mass is 10.2. The first-order valence-corrected chi connectivity index (χ1v) is 11.3. The molecule has 4 aromatic rings. The van der Waals surface area contributed by atoms with Crippen molar-refractivity contribution in [1.29, 1.82) is 0 Å². The molecular formula is C25H21F2N3O2S. The van der Waals surface area contributed by atoms with E-state index in [-0.39, 0.29) is 29.2 Å². The second kappa shape index (κ2) is 10.3. The number of para-hydroxylation sites is 1. The third-order valence-electron chi connectivity index (χ3n) is 4.98. The van der Waals surface area contributed by atoms with Gasteiger partial charge in [0.15, 0.2) is 0 Å². The number of hydrogen-bond acceptors (Lipinski definition) is 3. The Bertz CT molecular complexity index is 1270. The number of benzene rings is 3. The van der Waals surface area contributed by atoms with E-state index in [4.69, 9.17) is 0 Å². The number of aromatic nitrogens is 1. The highest BCUT2D eigenvalue weighted by atomic mass is 32.2. The molecule has 8 heteroatoms. The van der Waals surface area contributed by atoms with E-state index in [0.717, 1.165) is 15.8 Å². The topological polar surface area (TPSA) is 63.1 Å². The van der Waals surface area contributed by atoms with Crippen LogP contribution in [-0.4, -0.2) is 28.7 Å². The van der Waals surface area contributed by atoms with Crippen LogP contribution in [0.4, 0.5) is 14.5 Å². The number of rotatable bonds is 8. The fourth-order valence-corrected chi connectivity index (χ4v) is 4.27. The van der Waals surface area contributed by atoms with Gasteiger partial charge < -0.3 is 15.2 Å². The third kappa shape index (κ3) is 5.78. The van der Waals surface area contributed by atoms with Crippen LogP contribution in [-0.2, 0) is 11.3 Å². The number of amides is 2. The first-order chi connectivity index (χ1) is 16.0. The maximum atomic E-state index is 13.0. The minimum Gasteiger partial charge on any atom is -0.350 e. The summed E-state index contributed by atoms with van der Waals surface area (Å²) < 4.78 is 28.1. The number of nitrogens with one attached hydrogen (secondary N) is 2. The van der Waals surface area contributed by atoms with Crippen LogP contribution >= 0.6 is 11.8 Å². The molecular weight excluding hydrogens is 444 g/mol. The number of nitrogens with zero attached hydrogens (tertiary/aromatic N) is 1. The van der Waals surface area contributed by atoms with Crippen LogP contribution in [0.3, 0.4) is 0 Å². The minimum absolute atomic E-state index is 0.185. The molecule has 33 heavy (non-hydrogen) atoms. The molecule has 0 atom stereocenters. The van der Waals surface area contributed by atoms with E-state index >= 15 is 0 Å². The van der Waals surface area contributed by atoms with Gasteiger partial charge in [-0.25, -0.2) is 8.78 Å². The average Bonchev–Trinajstić information content (AvgIpc) is 3.17. The Labute approximate surface area is 193 Å². The molecule has 5 nitrogen and oxygen atoms in total. The highest BCUT2D eigenvalue weighted by molar-refractivity contribution is 8.00. The van der Waals surface area contributed by atoms with Crippen LogP contribution in [0.1, 0.15) is 10.4 Å². The third-order valence-corrected chi connectivity index (χ3v) is 6.03. The van der Waals surface area contributed by atoms with Crippen LogP contribution < -0.4 is 10.6 Å². The lowest BCUT2D eigenvalue weighted by Crippen LogP contribution is -2.27. The van der Waals surface area contributed by atoms with E-state index in [9.17, 15) is 18.4 Å². The van der Waals surface area contributed by atoms with Gasteiger partial charge in [0.25, 0.3) is 5.91 Å². The highest BCUT2D eigenvalue weighted by Crippen LogP contribution is 2.30. The summed E-state index contributed by atoms with van der Waals surface area (Å²) in [5.41, 5.74) is 1.94. The Morgan fingerprint density at radius 3 is 2.27 bits per heavy atom. The Morgan fingerprint density at radius 1 is 0.879 bits per heavy atom. The first kappa shape index (κ1) is 22.5. The van der Waals surface area contributed by atoms with Crippen molar-refractivity contribution >= 4 is 40.2 Å². The molecule has 2 amide bonds. The number of fused-ring (bicyclic) bond motifs is 1. The largest absolute Gasteiger partial charge is 0.350 e. The van der Waals surface area contributed by atoms with Gasteiger partial charge in [-0.15, -0.1) is 11.8 Å². The number of carbonyl (C=O) groups is 2. The van der Waals surface area contributed by atoms with Crippen molar-refractivity contribution in [1.82, 2.24) is 9.88 Å². The van der Waals surface area contributed by atoms with Gasteiger partial charge in [0.1, 0.15) is 11.6 Å². The molecule has 0 aliphatic rings. The molecule has 0 unspecified atom stereocenters.